The monoisotopic (exact) mass is 351 g/mol. The number of carbonyl (C=O) groups is 2. The van der Waals surface area contributed by atoms with Crippen molar-refractivity contribution in [3.05, 3.63) is 48.2 Å². The van der Waals surface area contributed by atoms with Crippen LogP contribution < -0.4 is 15.0 Å². The number of imide groups is 1. The third-order valence-corrected chi connectivity index (χ3v) is 4.32. The zero-order chi connectivity index (χ0) is 18.5. The third-order valence-electron chi connectivity index (χ3n) is 4.32. The summed E-state index contributed by atoms with van der Waals surface area (Å²) in [6.07, 6.45) is 0. The normalized spacial score (nSPS) is 16.2. The minimum absolute atomic E-state index is 0.291. The van der Waals surface area contributed by atoms with Crippen LogP contribution in [0.3, 0.4) is 0 Å². The maximum atomic E-state index is 12.4. The summed E-state index contributed by atoms with van der Waals surface area (Å²) in [4.78, 5) is 25.6. The van der Waals surface area contributed by atoms with Crippen LogP contribution in [0.15, 0.2) is 47.0 Å². The van der Waals surface area contributed by atoms with E-state index in [4.69, 9.17) is 9.26 Å². The number of anilines is 1. The number of aryl methyl sites for hydroxylation is 1. The van der Waals surface area contributed by atoms with Crippen LogP contribution in [-0.4, -0.2) is 22.6 Å². The first kappa shape index (κ1) is 16.1. The molecule has 132 valence electrons. The molecule has 1 fully saturated rings. The second-order valence-electron chi connectivity index (χ2n) is 6.68. The van der Waals surface area contributed by atoms with Gasteiger partial charge in [0.05, 0.1) is 11.1 Å². The lowest BCUT2D eigenvalue weighted by Crippen LogP contribution is -2.40. The number of carbonyl (C=O) groups excluding carboxylic acids is 2. The van der Waals surface area contributed by atoms with Gasteiger partial charge in [-0.15, -0.1) is 0 Å². The summed E-state index contributed by atoms with van der Waals surface area (Å²) in [6.45, 7) is 5.17. The van der Waals surface area contributed by atoms with Gasteiger partial charge in [0.15, 0.2) is 0 Å². The Morgan fingerprint density at radius 2 is 1.85 bits per heavy atom. The lowest BCUT2D eigenvalue weighted by atomic mass is 10.1. The Labute approximate surface area is 149 Å². The summed E-state index contributed by atoms with van der Waals surface area (Å²) in [5.74, 6) is 1.59. The second kappa shape index (κ2) is 5.59. The number of urea groups is 1. The number of aromatic nitrogens is 1. The maximum absolute atomic E-state index is 12.4. The number of benzene rings is 2. The summed E-state index contributed by atoms with van der Waals surface area (Å²) in [6, 6.07) is 11.9. The Kier molecular flexibility index (Phi) is 3.47. The van der Waals surface area contributed by atoms with Crippen LogP contribution in [0.4, 0.5) is 10.5 Å². The largest absolute Gasteiger partial charge is 0.457 e. The molecule has 0 radical (unpaired) electrons. The van der Waals surface area contributed by atoms with Crippen molar-refractivity contribution in [3.63, 3.8) is 0 Å². The summed E-state index contributed by atoms with van der Waals surface area (Å²) in [5, 5.41) is 7.44. The minimum atomic E-state index is -0.909. The van der Waals surface area contributed by atoms with E-state index in [2.05, 4.69) is 10.5 Å². The number of rotatable bonds is 3. The van der Waals surface area contributed by atoms with Crippen molar-refractivity contribution in [1.29, 1.82) is 0 Å². The Hall–Kier alpha value is -3.35. The number of hydrogen-bond acceptors (Lipinski definition) is 5. The van der Waals surface area contributed by atoms with Crippen molar-refractivity contribution in [3.8, 4) is 11.5 Å². The van der Waals surface area contributed by atoms with Crippen molar-refractivity contribution in [1.82, 2.24) is 10.5 Å². The van der Waals surface area contributed by atoms with Gasteiger partial charge >= 0.3 is 6.03 Å². The third kappa shape index (κ3) is 2.48. The average Bonchev–Trinajstić information content (AvgIpc) is 3.07. The molecular formula is C19H17N3O4. The van der Waals surface area contributed by atoms with Crippen LogP contribution in [0.5, 0.6) is 11.5 Å². The molecule has 26 heavy (non-hydrogen) atoms. The molecule has 0 atom stereocenters. The molecule has 1 aliphatic rings. The fourth-order valence-electron chi connectivity index (χ4n) is 2.97. The van der Waals surface area contributed by atoms with E-state index in [1.165, 1.54) is 0 Å². The molecule has 2 heterocycles. The van der Waals surface area contributed by atoms with Gasteiger partial charge < -0.3 is 14.6 Å². The molecule has 1 saturated heterocycles. The van der Waals surface area contributed by atoms with E-state index in [1.807, 2.05) is 25.1 Å². The summed E-state index contributed by atoms with van der Waals surface area (Å²) in [7, 11) is 0. The van der Waals surface area contributed by atoms with Crippen LogP contribution in [0, 0.1) is 6.92 Å². The Bertz CT molecular complexity index is 1020. The van der Waals surface area contributed by atoms with Crippen LogP contribution in [-0.2, 0) is 4.79 Å². The fourth-order valence-corrected chi connectivity index (χ4v) is 2.97. The quantitative estimate of drug-likeness (QED) is 0.726. The lowest BCUT2D eigenvalue weighted by molar-refractivity contribution is -0.121. The number of nitrogens with one attached hydrogen (secondary N) is 1. The fraction of sp³-hybridized carbons (Fsp3) is 0.211. The van der Waals surface area contributed by atoms with Gasteiger partial charge in [0.25, 0.3) is 5.91 Å². The SMILES string of the molecule is Cc1onc2cccc(Oc3ccc(N4C(=O)NC(C)(C)C4=O)cc3)c12. The van der Waals surface area contributed by atoms with Crippen molar-refractivity contribution in [2.45, 2.75) is 26.3 Å². The molecule has 7 nitrogen and oxygen atoms in total. The second-order valence-corrected chi connectivity index (χ2v) is 6.68. The highest BCUT2D eigenvalue weighted by Gasteiger charge is 2.45. The maximum Gasteiger partial charge on any atom is 0.329 e. The first-order valence-electron chi connectivity index (χ1n) is 8.16. The molecule has 0 unspecified atom stereocenters. The molecule has 1 aliphatic heterocycles. The van der Waals surface area contributed by atoms with E-state index in [1.54, 1.807) is 38.1 Å². The Morgan fingerprint density at radius 1 is 1.12 bits per heavy atom. The van der Waals surface area contributed by atoms with Gasteiger partial charge in [-0.1, -0.05) is 11.2 Å². The predicted molar refractivity (Wildman–Crippen MR) is 95.4 cm³/mol. The molecule has 3 aromatic rings. The zero-order valence-corrected chi connectivity index (χ0v) is 14.6. The summed E-state index contributed by atoms with van der Waals surface area (Å²) in [5.41, 5.74) is 0.302. The van der Waals surface area contributed by atoms with Gasteiger partial charge in [-0.2, -0.15) is 0 Å². The van der Waals surface area contributed by atoms with Gasteiger partial charge in [0, 0.05) is 0 Å². The van der Waals surface area contributed by atoms with Crippen molar-refractivity contribution < 1.29 is 18.8 Å². The molecule has 3 amide bonds. The van der Waals surface area contributed by atoms with Crippen molar-refractivity contribution >= 4 is 28.5 Å². The van der Waals surface area contributed by atoms with Gasteiger partial charge in [-0.3, -0.25) is 4.79 Å². The smallest absolute Gasteiger partial charge is 0.329 e. The standard InChI is InChI=1S/C19H17N3O4/c1-11-16-14(21-26-11)5-4-6-15(16)25-13-9-7-12(8-10-13)22-17(23)19(2,3)20-18(22)24/h4-10H,1-3H3,(H,20,24). The molecular weight excluding hydrogens is 334 g/mol. The molecule has 0 aliphatic carbocycles. The lowest BCUT2D eigenvalue weighted by Gasteiger charge is -2.16. The zero-order valence-electron chi connectivity index (χ0n) is 14.6. The van der Waals surface area contributed by atoms with Gasteiger partial charge in [-0.05, 0) is 57.2 Å². The van der Waals surface area contributed by atoms with E-state index < -0.39 is 11.6 Å². The molecule has 7 heteroatoms. The van der Waals surface area contributed by atoms with E-state index in [0.29, 0.717) is 22.9 Å². The average molecular weight is 351 g/mol. The highest BCUT2D eigenvalue weighted by atomic mass is 16.5. The number of amides is 3. The molecule has 0 saturated carbocycles. The van der Waals surface area contributed by atoms with Crippen LogP contribution in [0.1, 0.15) is 19.6 Å². The highest BCUT2D eigenvalue weighted by Crippen LogP contribution is 2.33. The Morgan fingerprint density at radius 3 is 2.50 bits per heavy atom. The summed E-state index contributed by atoms with van der Waals surface area (Å²) < 4.78 is 11.1. The van der Waals surface area contributed by atoms with E-state index >= 15 is 0 Å². The van der Waals surface area contributed by atoms with Gasteiger partial charge in [-0.25, -0.2) is 9.69 Å². The highest BCUT2D eigenvalue weighted by molar-refractivity contribution is 6.23. The first-order chi connectivity index (χ1) is 12.4. The van der Waals surface area contributed by atoms with E-state index in [9.17, 15) is 9.59 Å². The van der Waals surface area contributed by atoms with Gasteiger partial charge in [0.1, 0.15) is 28.3 Å². The molecule has 0 spiro atoms. The van der Waals surface area contributed by atoms with Crippen molar-refractivity contribution in [2.24, 2.45) is 0 Å². The molecule has 0 bridgehead atoms. The van der Waals surface area contributed by atoms with E-state index in [-0.39, 0.29) is 5.91 Å². The predicted octanol–water partition coefficient (Wildman–Crippen LogP) is 3.76. The number of hydrogen-bond donors (Lipinski definition) is 1. The number of fused-ring (bicyclic) bond motifs is 1. The number of nitrogens with zero attached hydrogens (tertiary/aromatic N) is 2. The molecule has 1 aromatic heterocycles. The van der Waals surface area contributed by atoms with Crippen LogP contribution in [0.25, 0.3) is 10.9 Å². The molecule has 1 N–H and O–H groups in total. The summed E-state index contributed by atoms with van der Waals surface area (Å²) >= 11 is 0. The van der Waals surface area contributed by atoms with E-state index in [0.717, 1.165) is 15.8 Å². The minimum Gasteiger partial charge on any atom is -0.457 e. The van der Waals surface area contributed by atoms with Crippen LogP contribution >= 0.6 is 0 Å². The first-order valence-corrected chi connectivity index (χ1v) is 8.16. The van der Waals surface area contributed by atoms with Gasteiger partial charge in [0.2, 0.25) is 0 Å². The number of ether oxygens (including phenoxy) is 1. The molecule has 2 aromatic carbocycles. The van der Waals surface area contributed by atoms with Crippen LogP contribution in [0.2, 0.25) is 0 Å². The van der Waals surface area contributed by atoms with Crippen molar-refractivity contribution in [2.75, 3.05) is 4.90 Å². The Balaban J connectivity index is 1.62. The molecule has 4 rings (SSSR count). The topological polar surface area (TPSA) is 84.7 Å².